The molecule has 0 atom stereocenters. The van der Waals surface area contributed by atoms with E-state index >= 15 is 0 Å². The molecule has 2 aliphatic carbocycles. The van der Waals surface area contributed by atoms with Gasteiger partial charge in [0.2, 0.25) is 0 Å². The average Bonchev–Trinajstić information content (AvgIpc) is 3.57. The SMILES string of the molecule is CC1(C)c2ccccc2-c2ccc(N(c3ccc(-c4ccc5ccccc5c4)c(-c4ccccc4)c3)c3ccc4c(c3)C(C)(C)c3ccccc3-4)cc21. The van der Waals surface area contributed by atoms with Gasteiger partial charge in [0.15, 0.2) is 0 Å². The van der Waals surface area contributed by atoms with Crippen molar-refractivity contribution in [3.05, 3.63) is 198 Å². The van der Waals surface area contributed by atoms with Crippen LogP contribution in [0.3, 0.4) is 0 Å². The summed E-state index contributed by atoms with van der Waals surface area (Å²) in [6.07, 6.45) is 0. The molecule has 0 bridgehead atoms. The van der Waals surface area contributed by atoms with Crippen molar-refractivity contribution in [2.45, 2.75) is 38.5 Å². The fraction of sp³-hybridized carbons (Fsp3) is 0.115. The normalized spacial score (nSPS) is 14.3. The number of anilines is 3. The first-order chi connectivity index (χ1) is 25.8. The largest absolute Gasteiger partial charge is 0.310 e. The second kappa shape index (κ2) is 11.7. The maximum Gasteiger partial charge on any atom is 0.0468 e. The highest BCUT2D eigenvalue weighted by Gasteiger charge is 2.37. The lowest BCUT2D eigenvalue weighted by atomic mass is 9.82. The molecule has 0 N–H and O–H groups in total. The van der Waals surface area contributed by atoms with E-state index in [0.29, 0.717) is 0 Å². The number of nitrogens with zero attached hydrogens (tertiary/aromatic N) is 1. The minimum atomic E-state index is -0.107. The maximum atomic E-state index is 2.48. The quantitative estimate of drug-likeness (QED) is 0.175. The first kappa shape index (κ1) is 31.5. The van der Waals surface area contributed by atoms with E-state index in [4.69, 9.17) is 0 Å². The van der Waals surface area contributed by atoms with Crippen molar-refractivity contribution < 1.29 is 0 Å². The summed E-state index contributed by atoms with van der Waals surface area (Å²) < 4.78 is 0. The Morgan fingerprint density at radius 2 is 0.774 bits per heavy atom. The average molecular weight is 680 g/mol. The van der Waals surface area contributed by atoms with Crippen LogP contribution in [0.1, 0.15) is 49.9 Å². The summed E-state index contributed by atoms with van der Waals surface area (Å²) in [4.78, 5) is 2.48. The van der Waals surface area contributed by atoms with Crippen molar-refractivity contribution in [1.29, 1.82) is 0 Å². The van der Waals surface area contributed by atoms with Gasteiger partial charge >= 0.3 is 0 Å². The van der Waals surface area contributed by atoms with Crippen LogP contribution in [-0.2, 0) is 10.8 Å². The van der Waals surface area contributed by atoms with Crippen molar-refractivity contribution in [1.82, 2.24) is 0 Å². The molecule has 0 unspecified atom stereocenters. The van der Waals surface area contributed by atoms with Gasteiger partial charge in [-0.2, -0.15) is 0 Å². The molecule has 8 aromatic rings. The van der Waals surface area contributed by atoms with Crippen LogP contribution in [-0.4, -0.2) is 0 Å². The van der Waals surface area contributed by atoms with Crippen molar-refractivity contribution in [3.8, 4) is 44.5 Å². The Kier molecular flexibility index (Phi) is 6.94. The molecule has 0 saturated carbocycles. The Labute approximate surface area is 312 Å². The number of rotatable bonds is 5. The molecule has 1 heteroatoms. The van der Waals surface area contributed by atoms with E-state index < -0.39 is 0 Å². The lowest BCUT2D eigenvalue weighted by Gasteiger charge is -2.30. The monoisotopic (exact) mass is 679 g/mol. The molecule has 0 spiro atoms. The standard InChI is InChI=1S/C52H41N/c1-51(2)47-20-12-10-18-42(47)44-28-25-39(32-49(44)51)53(40-26-29-45-43-19-11-13-21-48(43)52(3,4)50(45)33-40)38-24-27-41(46(31-38)35-15-6-5-7-16-35)37-23-22-34-14-8-9-17-36(34)30-37/h5-33H,1-4H3. The van der Waals surface area contributed by atoms with Gasteiger partial charge < -0.3 is 4.90 Å². The van der Waals surface area contributed by atoms with Gasteiger partial charge in [0.1, 0.15) is 0 Å². The number of fused-ring (bicyclic) bond motifs is 7. The third-order valence-corrected chi connectivity index (χ3v) is 12.1. The van der Waals surface area contributed by atoms with Crippen molar-refractivity contribution >= 4 is 27.8 Å². The summed E-state index contributed by atoms with van der Waals surface area (Å²) in [5, 5.41) is 2.50. The molecule has 0 aliphatic heterocycles. The van der Waals surface area contributed by atoms with Crippen LogP contribution in [0.2, 0.25) is 0 Å². The van der Waals surface area contributed by atoms with E-state index in [9.17, 15) is 0 Å². The van der Waals surface area contributed by atoms with Crippen LogP contribution in [0.15, 0.2) is 176 Å². The van der Waals surface area contributed by atoms with Gasteiger partial charge in [0.05, 0.1) is 0 Å². The molecule has 0 aromatic heterocycles. The van der Waals surface area contributed by atoms with E-state index in [1.54, 1.807) is 0 Å². The molecule has 1 nitrogen and oxygen atoms in total. The summed E-state index contributed by atoms with van der Waals surface area (Å²) in [5.41, 5.74) is 19.0. The van der Waals surface area contributed by atoms with Gasteiger partial charge in [0.25, 0.3) is 0 Å². The molecular weight excluding hydrogens is 639 g/mol. The second-order valence-electron chi connectivity index (χ2n) is 15.8. The molecule has 53 heavy (non-hydrogen) atoms. The molecule has 0 fully saturated rings. The van der Waals surface area contributed by atoms with Gasteiger partial charge in [0, 0.05) is 27.9 Å². The van der Waals surface area contributed by atoms with E-state index in [2.05, 4.69) is 209 Å². The topological polar surface area (TPSA) is 3.24 Å². The predicted octanol–water partition coefficient (Wildman–Crippen LogP) is 14.3. The third kappa shape index (κ3) is 4.84. The van der Waals surface area contributed by atoms with Crippen LogP contribution in [0.25, 0.3) is 55.3 Å². The highest BCUT2D eigenvalue weighted by Crippen LogP contribution is 2.53. The zero-order chi connectivity index (χ0) is 35.9. The van der Waals surface area contributed by atoms with Crippen LogP contribution in [0, 0.1) is 0 Å². The van der Waals surface area contributed by atoms with Crippen LogP contribution in [0.4, 0.5) is 17.1 Å². The minimum absolute atomic E-state index is 0.107. The minimum Gasteiger partial charge on any atom is -0.310 e. The highest BCUT2D eigenvalue weighted by atomic mass is 15.1. The molecule has 0 saturated heterocycles. The van der Waals surface area contributed by atoms with E-state index in [1.165, 1.54) is 77.5 Å². The number of hydrogen-bond acceptors (Lipinski definition) is 1. The summed E-state index contributed by atoms with van der Waals surface area (Å²) in [6, 6.07) is 65.4. The van der Waals surface area contributed by atoms with Gasteiger partial charge in [-0.3, -0.25) is 0 Å². The lowest BCUT2D eigenvalue weighted by Crippen LogP contribution is -2.18. The number of benzene rings is 8. The Hall–Kier alpha value is -6.18. The Balaban J connectivity index is 1.20. The molecular formula is C52H41N. The van der Waals surface area contributed by atoms with Crippen molar-refractivity contribution in [2.24, 2.45) is 0 Å². The van der Waals surface area contributed by atoms with Crippen LogP contribution >= 0.6 is 0 Å². The first-order valence-electron chi connectivity index (χ1n) is 18.8. The van der Waals surface area contributed by atoms with E-state index in [0.717, 1.165) is 17.1 Å². The summed E-state index contributed by atoms with van der Waals surface area (Å²) in [7, 11) is 0. The molecule has 2 aliphatic rings. The maximum absolute atomic E-state index is 2.48. The zero-order valence-corrected chi connectivity index (χ0v) is 30.7. The van der Waals surface area contributed by atoms with Gasteiger partial charge in [-0.15, -0.1) is 0 Å². The molecule has 0 radical (unpaired) electrons. The molecule has 0 amide bonds. The first-order valence-corrected chi connectivity index (χ1v) is 18.8. The Morgan fingerprint density at radius 1 is 0.302 bits per heavy atom. The second-order valence-corrected chi connectivity index (χ2v) is 15.8. The van der Waals surface area contributed by atoms with Gasteiger partial charge in [-0.1, -0.05) is 161 Å². The predicted molar refractivity (Wildman–Crippen MR) is 225 cm³/mol. The highest BCUT2D eigenvalue weighted by molar-refractivity contribution is 5.94. The van der Waals surface area contributed by atoms with E-state index in [1.807, 2.05) is 0 Å². The Morgan fingerprint density at radius 3 is 1.38 bits per heavy atom. The molecule has 10 rings (SSSR count). The van der Waals surface area contributed by atoms with Crippen molar-refractivity contribution in [3.63, 3.8) is 0 Å². The van der Waals surface area contributed by atoms with Crippen LogP contribution < -0.4 is 4.90 Å². The fourth-order valence-electron chi connectivity index (χ4n) is 9.25. The third-order valence-electron chi connectivity index (χ3n) is 12.1. The summed E-state index contributed by atoms with van der Waals surface area (Å²) in [6.45, 7) is 9.47. The molecule has 0 heterocycles. The fourth-order valence-corrected chi connectivity index (χ4v) is 9.25. The van der Waals surface area contributed by atoms with Crippen molar-refractivity contribution in [2.75, 3.05) is 4.90 Å². The van der Waals surface area contributed by atoms with Gasteiger partial charge in [-0.25, -0.2) is 0 Å². The van der Waals surface area contributed by atoms with Gasteiger partial charge in [-0.05, 0) is 120 Å². The molecule has 254 valence electrons. The smallest absolute Gasteiger partial charge is 0.0468 e. The summed E-state index contributed by atoms with van der Waals surface area (Å²) in [5.74, 6) is 0. The van der Waals surface area contributed by atoms with Crippen LogP contribution in [0.5, 0.6) is 0 Å². The van der Waals surface area contributed by atoms with E-state index in [-0.39, 0.29) is 10.8 Å². The summed E-state index contributed by atoms with van der Waals surface area (Å²) >= 11 is 0. The number of hydrogen-bond donors (Lipinski definition) is 0. The lowest BCUT2D eigenvalue weighted by molar-refractivity contribution is 0.660. The zero-order valence-electron chi connectivity index (χ0n) is 30.7. The molecule has 8 aromatic carbocycles. The Bertz CT molecular complexity index is 2620.